The van der Waals surface area contributed by atoms with Crippen molar-refractivity contribution in [2.75, 3.05) is 11.9 Å². The summed E-state index contributed by atoms with van der Waals surface area (Å²) >= 11 is 6.34. The number of fused-ring (bicyclic) bond motifs is 1. The highest BCUT2D eigenvalue weighted by Crippen LogP contribution is 2.31. The molecule has 0 unspecified atom stereocenters. The number of ether oxygens (including phenoxy) is 1. The summed E-state index contributed by atoms with van der Waals surface area (Å²) < 4.78 is 11.8. The Labute approximate surface area is 198 Å². The van der Waals surface area contributed by atoms with Gasteiger partial charge >= 0.3 is 0 Å². The zero-order valence-corrected chi connectivity index (χ0v) is 20.0. The number of nitrogens with one attached hydrogen (secondary N) is 1. The van der Waals surface area contributed by atoms with Gasteiger partial charge in [0.25, 0.3) is 5.91 Å². The lowest BCUT2D eigenvalue weighted by Crippen LogP contribution is -2.21. The first-order chi connectivity index (χ1) is 15.8. The van der Waals surface area contributed by atoms with Gasteiger partial charge in [-0.2, -0.15) is 0 Å². The van der Waals surface area contributed by atoms with Gasteiger partial charge in [-0.15, -0.1) is 0 Å². The number of benzene rings is 3. The minimum Gasteiger partial charge on any atom is -0.483 e. The molecule has 6 heteroatoms. The predicted octanol–water partition coefficient (Wildman–Crippen LogP) is 7.16. The number of carbonyl (C=O) groups excluding carboxylic acids is 1. The molecule has 0 bridgehead atoms. The fourth-order valence-electron chi connectivity index (χ4n) is 3.64. The first-order valence-electron chi connectivity index (χ1n) is 11.1. The second kappa shape index (κ2) is 9.67. The standard InChI is InChI=1S/C27H27ClN2O3/c1-5-18-7-11-24-23(13-18)30-27(33-24)19-8-10-21(28)22(14-19)29-26(31)15-32-25-12-17(4)6-9-20(25)16(2)3/h6-14,16H,5,15H2,1-4H3,(H,29,31). The van der Waals surface area contributed by atoms with E-state index in [9.17, 15) is 4.79 Å². The monoisotopic (exact) mass is 462 g/mol. The van der Waals surface area contributed by atoms with Crippen LogP contribution in [0.3, 0.4) is 0 Å². The van der Waals surface area contributed by atoms with E-state index in [1.165, 1.54) is 5.56 Å². The molecule has 4 rings (SSSR count). The van der Waals surface area contributed by atoms with Crippen LogP contribution in [0.5, 0.6) is 5.75 Å². The summed E-state index contributed by atoms with van der Waals surface area (Å²) in [7, 11) is 0. The molecule has 0 saturated carbocycles. The highest BCUT2D eigenvalue weighted by atomic mass is 35.5. The molecule has 0 atom stereocenters. The average Bonchev–Trinajstić information content (AvgIpc) is 3.22. The number of amides is 1. The number of hydrogen-bond acceptors (Lipinski definition) is 4. The first kappa shape index (κ1) is 22.9. The summed E-state index contributed by atoms with van der Waals surface area (Å²) in [6, 6.07) is 17.3. The lowest BCUT2D eigenvalue weighted by Gasteiger charge is -2.15. The lowest BCUT2D eigenvalue weighted by atomic mass is 10.0. The van der Waals surface area contributed by atoms with Crippen LogP contribution in [0.2, 0.25) is 5.02 Å². The third-order valence-electron chi connectivity index (χ3n) is 5.50. The van der Waals surface area contributed by atoms with Gasteiger partial charge in [0, 0.05) is 5.56 Å². The molecule has 0 fully saturated rings. The number of hydrogen-bond donors (Lipinski definition) is 1. The minimum absolute atomic E-state index is 0.119. The summed E-state index contributed by atoms with van der Waals surface area (Å²) in [5, 5.41) is 3.27. The van der Waals surface area contributed by atoms with E-state index in [0.29, 0.717) is 22.5 Å². The Bertz CT molecular complexity index is 1310. The number of nitrogens with zero attached hydrogens (tertiary/aromatic N) is 1. The average molecular weight is 463 g/mol. The van der Waals surface area contributed by atoms with Crippen LogP contribution in [0, 0.1) is 6.92 Å². The quantitative estimate of drug-likeness (QED) is 0.316. The third-order valence-corrected chi connectivity index (χ3v) is 5.83. The maximum absolute atomic E-state index is 12.6. The number of aryl methyl sites for hydroxylation is 2. The van der Waals surface area contributed by atoms with Gasteiger partial charge in [0.15, 0.2) is 12.2 Å². The molecular formula is C27H27ClN2O3. The van der Waals surface area contributed by atoms with Crippen LogP contribution in [0.15, 0.2) is 59.0 Å². The smallest absolute Gasteiger partial charge is 0.262 e. The second-order valence-electron chi connectivity index (χ2n) is 8.40. The van der Waals surface area contributed by atoms with Gasteiger partial charge in [-0.25, -0.2) is 4.98 Å². The normalized spacial score (nSPS) is 11.2. The van der Waals surface area contributed by atoms with Crippen molar-refractivity contribution < 1.29 is 13.9 Å². The molecule has 1 N–H and O–H groups in total. The van der Waals surface area contributed by atoms with E-state index in [2.05, 4.69) is 31.1 Å². The Balaban J connectivity index is 1.51. The lowest BCUT2D eigenvalue weighted by molar-refractivity contribution is -0.118. The fraction of sp³-hybridized carbons (Fsp3) is 0.259. The molecule has 170 valence electrons. The number of anilines is 1. The molecule has 33 heavy (non-hydrogen) atoms. The summed E-state index contributed by atoms with van der Waals surface area (Å²) in [5.74, 6) is 1.19. The van der Waals surface area contributed by atoms with Crippen molar-refractivity contribution in [3.63, 3.8) is 0 Å². The molecule has 0 spiro atoms. The van der Waals surface area contributed by atoms with Gasteiger partial charge in [0.2, 0.25) is 5.89 Å². The SMILES string of the molecule is CCc1ccc2oc(-c3ccc(Cl)c(NC(=O)COc4cc(C)ccc4C(C)C)c3)nc2c1. The van der Waals surface area contributed by atoms with Crippen LogP contribution in [0.4, 0.5) is 5.69 Å². The summed E-state index contributed by atoms with van der Waals surface area (Å²) in [5.41, 5.74) is 6.07. The van der Waals surface area contributed by atoms with E-state index < -0.39 is 0 Å². The van der Waals surface area contributed by atoms with Gasteiger partial charge in [-0.3, -0.25) is 4.79 Å². The molecule has 1 aromatic heterocycles. The van der Waals surface area contributed by atoms with Crippen molar-refractivity contribution in [3.05, 3.63) is 76.3 Å². The summed E-state index contributed by atoms with van der Waals surface area (Å²) in [4.78, 5) is 17.2. The maximum Gasteiger partial charge on any atom is 0.262 e. The number of oxazole rings is 1. The van der Waals surface area contributed by atoms with Crippen LogP contribution in [0.1, 0.15) is 43.4 Å². The number of halogens is 1. The van der Waals surface area contributed by atoms with Gasteiger partial charge in [0.1, 0.15) is 11.3 Å². The van der Waals surface area contributed by atoms with Gasteiger partial charge in [0.05, 0.1) is 10.7 Å². The van der Waals surface area contributed by atoms with Crippen LogP contribution >= 0.6 is 11.6 Å². The molecule has 3 aromatic carbocycles. The van der Waals surface area contributed by atoms with E-state index in [1.54, 1.807) is 12.1 Å². The minimum atomic E-state index is -0.296. The highest BCUT2D eigenvalue weighted by molar-refractivity contribution is 6.33. The molecule has 1 amide bonds. The molecule has 0 saturated heterocycles. The molecule has 0 aliphatic heterocycles. The van der Waals surface area contributed by atoms with E-state index >= 15 is 0 Å². The Hall–Kier alpha value is -3.31. The Morgan fingerprint density at radius 3 is 2.70 bits per heavy atom. The maximum atomic E-state index is 12.6. The largest absolute Gasteiger partial charge is 0.483 e. The summed E-state index contributed by atoms with van der Waals surface area (Å²) in [6.07, 6.45) is 0.929. The topological polar surface area (TPSA) is 64.4 Å². The van der Waals surface area contributed by atoms with Gasteiger partial charge < -0.3 is 14.5 Å². The number of aromatic nitrogens is 1. The first-order valence-corrected chi connectivity index (χ1v) is 11.4. The fourth-order valence-corrected chi connectivity index (χ4v) is 3.81. The van der Waals surface area contributed by atoms with Crippen molar-refractivity contribution in [1.82, 2.24) is 4.98 Å². The Kier molecular flexibility index (Phi) is 6.70. The molecule has 0 radical (unpaired) electrons. The highest BCUT2D eigenvalue weighted by Gasteiger charge is 2.14. The van der Waals surface area contributed by atoms with E-state index in [1.807, 2.05) is 49.4 Å². The van der Waals surface area contributed by atoms with Gasteiger partial charge in [-0.05, 0) is 72.4 Å². The van der Waals surface area contributed by atoms with Crippen LogP contribution < -0.4 is 10.1 Å². The molecule has 1 heterocycles. The van der Waals surface area contributed by atoms with Crippen molar-refractivity contribution >= 4 is 34.3 Å². The van der Waals surface area contributed by atoms with Crippen molar-refractivity contribution in [2.45, 2.75) is 40.0 Å². The Morgan fingerprint density at radius 2 is 1.94 bits per heavy atom. The van der Waals surface area contributed by atoms with Crippen molar-refractivity contribution in [2.24, 2.45) is 0 Å². The van der Waals surface area contributed by atoms with Crippen molar-refractivity contribution in [1.29, 1.82) is 0 Å². The zero-order chi connectivity index (χ0) is 23.5. The summed E-state index contributed by atoms with van der Waals surface area (Å²) in [6.45, 7) is 8.17. The van der Waals surface area contributed by atoms with E-state index in [0.717, 1.165) is 40.0 Å². The Morgan fingerprint density at radius 1 is 1.12 bits per heavy atom. The van der Waals surface area contributed by atoms with Gasteiger partial charge in [-0.1, -0.05) is 50.6 Å². The van der Waals surface area contributed by atoms with E-state index in [4.69, 9.17) is 20.8 Å². The molecular weight excluding hydrogens is 436 g/mol. The molecule has 5 nitrogen and oxygen atoms in total. The van der Waals surface area contributed by atoms with Crippen LogP contribution in [-0.2, 0) is 11.2 Å². The zero-order valence-electron chi connectivity index (χ0n) is 19.2. The molecule has 0 aliphatic rings. The van der Waals surface area contributed by atoms with Crippen molar-refractivity contribution in [3.8, 4) is 17.2 Å². The third kappa shape index (κ3) is 5.20. The second-order valence-corrected chi connectivity index (χ2v) is 8.81. The molecule has 0 aliphatic carbocycles. The van der Waals surface area contributed by atoms with E-state index in [-0.39, 0.29) is 12.5 Å². The number of rotatable bonds is 7. The molecule has 4 aromatic rings. The van der Waals surface area contributed by atoms with Crippen LogP contribution in [0.25, 0.3) is 22.6 Å². The number of carbonyl (C=O) groups is 1. The predicted molar refractivity (Wildman–Crippen MR) is 133 cm³/mol. The van der Waals surface area contributed by atoms with Crippen LogP contribution in [-0.4, -0.2) is 17.5 Å².